The van der Waals surface area contributed by atoms with Gasteiger partial charge in [0.2, 0.25) is 0 Å². The van der Waals surface area contributed by atoms with Crippen LogP contribution in [0.5, 0.6) is 0 Å². The molecule has 2 heteroatoms. The van der Waals surface area contributed by atoms with E-state index in [1.54, 1.807) is 0 Å². The van der Waals surface area contributed by atoms with E-state index >= 15 is 0 Å². The van der Waals surface area contributed by atoms with Crippen molar-refractivity contribution in [2.75, 3.05) is 0 Å². The first-order chi connectivity index (χ1) is 14.4. The van der Waals surface area contributed by atoms with E-state index < -0.39 is 0 Å². The van der Waals surface area contributed by atoms with Crippen LogP contribution in [0.1, 0.15) is 110 Å². The maximum atomic E-state index is 2.50. The average Bonchev–Trinajstić information content (AvgIpc) is 3.16. The molecule has 0 saturated heterocycles. The molecule has 0 aliphatic rings. The lowest BCUT2D eigenvalue weighted by atomic mass is 10.1. The SMILES string of the molecule is CCCCCCCCCCCCCC[n+]1ccn(-c2ccccc2)c1CCCC. The lowest BCUT2D eigenvalue weighted by Gasteiger charge is -2.06. The molecule has 1 aromatic heterocycles. The standard InChI is InChI=1S/C27H45N2/c1-3-5-7-8-9-10-11-12-13-14-15-19-23-28-24-25-29(27(28)22-6-4-2)26-20-17-16-18-21-26/h16-18,20-21,24-25H,3-15,19,22-23H2,1-2H3/q+1. The summed E-state index contributed by atoms with van der Waals surface area (Å²) in [4.78, 5) is 0. The van der Waals surface area contributed by atoms with Crippen molar-refractivity contribution in [2.24, 2.45) is 0 Å². The van der Waals surface area contributed by atoms with Crippen LogP contribution < -0.4 is 4.57 Å². The summed E-state index contributed by atoms with van der Waals surface area (Å²) in [6.07, 6.45) is 25.2. The van der Waals surface area contributed by atoms with E-state index in [2.05, 4.69) is 65.7 Å². The minimum atomic E-state index is 1.16. The summed E-state index contributed by atoms with van der Waals surface area (Å²) in [6, 6.07) is 10.8. The Morgan fingerprint density at radius 3 is 1.79 bits per heavy atom. The molecule has 29 heavy (non-hydrogen) atoms. The van der Waals surface area contributed by atoms with Crippen LogP contribution in [0, 0.1) is 0 Å². The third-order valence-corrected chi connectivity index (χ3v) is 6.05. The van der Waals surface area contributed by atoms with E-state index in [0.29, 0.717) is 0 Å². The molecule has 0 atom stereocenters. The van der Waals surface area contributed by atoms with Gasteiger partial charge in [-0.05, 0) is 31.4 Å². The topological polar surface area (TPSA) is 8.81 Å². The van der Waals surface area contributed by atoms with Gasteiger partial charge in [0.15, 0.2) is 0 Å². The predicted molar refractivity (Wildman–Crippen MR) is 126 cm³/mol. The van der Waals surface area contributed by atoms with E-state index in [1.807, 2.05) is 0 Å². The highest BCUT2D eigenvalue weighted by Crippen LogP contribution is 2.14. The van der Waals surface area contributed by atoms with E-state index in [1.165, 1.54) is 101 Å². The summed E-state index contributed by atoms with van der Waals surface area (Å²) in [5, 5.41) is 0. The minimum Gasteiger partial charge on any atom is -0.234 e. The highest BCUT2D eigenvalue weighted by Gasteiger charge is 2.17. The van der Waals surface area contributed by atoms with Crippen molar-refractivity contribution in [1.82, 2.24) is 4.57 Å². The van der Waals surface area contributed by atoms with Crippen LogP contribution in [0.3, 0.4) is 0 Å². The predicted octanol–water partition coefficient (Wildman–Crippen LogP) is 7.81. The lowest BCUT2D eigenvalue weighted by Crippen LogP contribution is -2.37. The van der Waals surface area contributed by atoms with Crippen molar-refractivity contribution in [3.8, 4) is 5.69 Å². The number of rotatable bonds is 17. The molecule has 0 aliphatic carbocycles. The monoisotopic (exact) mass is 397 g/mol. The number of hydrogen-bond acceptors (Lipinski definition) is 0. The van der Waals surface area contributed by atoms with Gasteiger partial charge in [0.05, 0.1) is 6.54 Å². The molecule has 0 bridgehead atoms. The van der Waals surface area contributed by atoms with Crippen molar-refractivity contribution in [3.05, 3.63) is 48.5 Å². The first-order valence-electron chi connectivity index (χ1n) is 12.5. The molecule has 0 saturated carbocycles. The fourth-order valence-corrected chi connectivity index (χ4v) is 4.21. The van der Waals surface area contributed by atoms with Crippen LogP contribution in [0.15, 0.2) is 42.7 Å². The van der Waals surface area contributed by atoms with Gasteiger partial charge in [-0.15, -0.1) is 0 Å². The Labute approximate surface area is 180 Å². The second-order valence-electron chi connectivity index (χ2n) is 8.61. The number of para-hydroxylation sites is 1. The summed E-state index contributed by atoms with van der Waals surface area (Å²) in [6.45, 7) is 5.74. The van der Waals surface area contributed by atoms with E-state index in [0.717, 1.165) is 13.0 Å². The summed E-state index contributed by atoms with van der Waals surface area (Å²) in [5.74, 6) is 1.46. The quantitative estimate of drug-likeness (QED) is 0.190. The second kappa shape index (κ2) is 15.3. The molecule has 1 aromatic carbocycles. The van der Waals surface area contributed by atoms with Crippen LogP contribution >= 0.6 is 0 Å². The van der Waals surface area contributed by atoms with E-state index in [-0.39, 0.29) is 0 Å². The number of aromatic nitrogens is 2. The number of unbranched alkanes of at least 4 members (excludes halogenated alkanes) is 12. The van der Waals surface area contributed by atoms with Crippen LogP contribution in [0.4, 0.5) is 0 Å². The van der Waals surface area contributed by atoms with Crippen molar-refractivity contribution < 1.29 is 4.57 Å². The van der Waals surface area contributed by atoms with Gasteiger partial charge in [0.25, 0.3) is 5.82 Å². The highest BCUT2D eigenvalue weighted by atomic mass is 15.1. The van der Waals surface area contributed by atoms with Gasteiger partial charge >= 0.3 is 0 Å². The van der Waals surface area contributed by atoms with Crippen LogP contribution in [0.2, 0.25) is 0 Å². The fourth-order valence-electron chi connectivity index (χ4n) is 4.21. The molecule has 0 fully saturated rings. The Morgan fingerprint density at radius 1 is 0.655 bits per heavy atom. The van der Waals surface area contributed by atoms with Crippen molar-refractivity contribution in [3.63, 3.8) is 0 Å². The Hall–Kier alpha value is -1.57. The largest absolute Gasteiger partial charge is 0.261 e. The molecule has 0 aliphatic heterocycles. The Kier molecular flexibility index (Phi) is 12.5. The summed E-state index contributed by atoms with van der Waals surface area (Å²) >= 11 is 0. The maximum absolute atomic E-state index is 2.50. The number of benzene rings is 1. The van der Waals surface area contributed by atoms with Gasteiger partial charge in [-0.3, -0.25) is 0 Å². The van der Waals surface area contributed by atoms with Crippen molar-refractivity contribution in [2.45, 2.75) is 117 Å². The summed E-state index contributed by atoms with van der Waals surface area (Å²) in [5.41, 5.74) is 1.28. The third kappa shape index (κ3) is 9.19. The first kappa shape index (κ1) is 23.7. The molecule has 0 amide bonds. The van der Waals surface area contributed by atoms with Crippen LogP contribution in [-0.4, -0.2) is 4.57 Å². The van der Waals surface area contributed by atoms with Gasteiger partial charge < -0.3 is 0 Å². The molecule has 0 radical (unpaired) electrons. The van der Waals surface area contributed by atoms with E-state index in [4.69, 9.17) is 0 Å². The zero-order valence-electron chi connectivity index (χ0n) is 19.2. The molecule has 0 spiro atoms. The Morgan fingerprint density at radius 2 is 1.21 bits per heavy atom. The lowest BCUT2D eigenvalue weighted by molar-refractivity contribution is -0.704. The molecule has 2 aromatic rings. The number of hydrogen-bond donors (Lipinski definition) is 0. The normalized spacial score (nSPS) is 11.2. The van der Waals surface area contributed by atoms with Gasteiger partial charge in [-0.25, -0.2) is 4.57 Å². The minimum absolute atomic E-state index is 1.16. The van der Waals surface area contributed by atoms with E-state index in [9.17, 15) is 0 Å². The van der Waals surface area contributed by atoms with Gasteiger partial charge in [0.1, 0.15) is 18.1 Å². The maximum Gasteiger partial charge on any atom is 0.261 e. The fraction of sp³-hybridized carbons (Fsp3) is 0.667. The van der Waals surface area contributed by atoms with Crippen molar-refractivity contribution >= 4 is 0 Å². The molecule has 0 unspecified atom stereocenters. The second-order valence-corrected chi connectivity index (χ2v) is 8.61. The molecule has 1 heterocycles. The molecule has 162 valence electrons. The highest BCUT2D eigenvalue weighted by molar-refractivity contribution is 5.31. The summed E-state index contributed by atoms with van der Waals surface area (Å²) in [7, 11) is 0. The molecular formula is C27H45N2+. The van der Waals surface area contributed by atoms with Crippen LogP contribution in [-0.2, 0) is 13.0 Å². The zero-order chi connectivity index (χ0) is 20.6. The molecule has 2 rings (SSSR count). The van der Waals surface area contributed by atoms with Gasteiger partial charge in [-0.2, -0.15) is 4.57 Å². The summed E-state index contributed by atoms with van der Waals surface area (Å²) < 4.78 is 4.88. The Bertz CT molecular complexity index is 629. The number of imidazole rings is 1. The van der Waals surface area contributed by atoms with Gasteiger partial charge in [0, 0.05) is 6.42 Å². The molecule has 0 N–H and O–H groups in total. The number of aryl methyl sites for hydroxylation is 1. The third-order valence-electron chi connectivity index (χ3n) is 6.05. The molecular weight excluding hydrogens is 352 g/mol. The zero-order valence-corrected chi connectivity index (χ0v) is 19.2. The smallest absolute Gasteiger partial charge is 0.234 e. The molecule has 2 nitrogen and oxygen atoms in total. The van der Waals surface area contributed by atoms with Crippen LogP contribution in [0.25, 0.3) is 5.69 Å². The van der Waals surface area contributed by atoms with Crippen molar-refractivity contribution in [1.29, 1.82) is 0 Å². The Balaban J connectivity index is 1.65. The first-order valence-corrected chi connectivity index (χ1v) is 12.5. The number of nitrogens with zero attached hydrogens (tertiary/aromatic N) is 2. The average molecular weight is 398 g/mol. The van der Waals surface area contributed by atoms with Gasteiger partial charge in [-0.1, -0.05) is 103 Å².